The van der Waals surface area contributed by atoms with E-state index in [0.29, 0.717) is 33.6 Å². The van der Waals surface area contributed by atoms with Gasteiger partial charge in [0.25, 0.3) is 11.5 Å². The Balaban J connectivity index is 1.60. The number of rotatable bonds is 5. The van der Waals surface area contributed by atoms with E-state index in [4.69, 9.17) is 16.0 Å². The average Bonchev–Trinajstić information content (AvgIpc) is 3.49. The highest BCUT2D eigenvalue weighted by atomic mass is 35.5. The van der Waals surface area contributed by atoms with Gasteiger partial charge in [0.2, 0.25) is 5.95 Å². The number of hydrogen-bond acceptors (Lipinski definition) is 5. The van der Waals surface area contributed by atoms with Crippen LogP contribution >= 0.6 is 11.6 Å². The zero-order chi connectivity index (χ0) is 22.8. The fraction of sp³-hybridized carbons (Fsp3) is 0. The molecule has 0 radical (unpaired) electrons. The highest BCUT2D eigenvalue weighted by molar-refractivity contribution is 6.31. The minimum atomic E-state index is -0.397. The monoisotopic (exact) mass is 457 g/mol. The van der Waals surface area contributed by atoms with Gasteiger partial charge in [-0.15, -0.1) is 0 Å². The number of hydrogen-bond donors (Lipinski definition) is 2. The van der Waals surface area contributed by atoms with Gasteiger partial charge in [0.05, 0.1) is 12.0 Å². The number of carbonyl (C=O) groups excluding carboxylic acids is 1. The summed E-state index contributed by atoms with van der Waals surface area (Å²) in [5, 5.41) is 7.76. The number of benzene rings is 2. The lowest BCUT2D eigenvalue weighted by Gasteiger charge is -2.09. The molecule has 0 aliphatic heterocycles. The van der Waals surface area contributed by atoms with Gasteiger partial charge in [0.1, 0.15) is 11.5 Å². The molecule has 0 bridgehead atoms. The van der Waals surface area contributed by atoms with Crippen LogP contribution < -0.4 is 10.9 Å². The maximum absolute atomic E-state index is 12.9. The van der Waals surface area contributed by atoms with Gasteiger partial charge in [-0.1, -0.05) is 48.0 Å². The van der Waals surface area contributed by atoms with Crippen LogP contribution in [0.25, 0.3) is 28.7 Å². The largest absolute Gasteiger partial charge is 0.463 e. The van der Waals surface area contributed by atoms with Crippen molar-refractivity contribution in [2.45, 2.75) is 0 Å². The number of amides is 1. The summed E-state index contributed by atoms with van der Waals surface area (Å²) in [6, 6.07) is 22.4. The number of nitrogens with zero attached hydrogens (tertiary/aromatic N) is 3. The van der Waals surface area contributed by atoms with Crippen LogP contribution in [0.15, 0.2) is 94.3 Å². The van der Waals surface area contributed by atoms with Crippen molar-refractivity contribution in [1.29, 1.82) is 0 Å². The van der Waals surface area contributed by atoms with Gasteiger partial charge in [-0.25, -0.2) is 4.98 Å². The lowest BCUT2D eigenvalue weighted by molar-refractivity contribution is 0.102. The standard InChI is InChI=1S/C24H16ClN5O3/c25-17-9-4-8-16(12-17)23(32)27-21-13-19(20-10-5-11-33-20)29-30(21)24-26-18(14-22(31)28-24)15-6-2-1-3-7-15/h1-14H,(H,27,32)(H,26,28,31). The molecular weight excluding hydrogens is 442 g/mol. The lowest BCUT2D eigenvalue weighted by atomic mass is 10.1. The molecule has 3 aromatic heterocycles. The molecule has 9 heteroatoms. The Morgan fingerprint density at radius 1 is 0.970 bits per heavy atom. The first kappa shape index (κ1) is 20.5. The van der Waals surface area contributed by atoms with Crippen molar-refractivity contribution >= 4 is 23.3 Å². The summed E-state index contributed by atoms with van der Waals surface area (Å²) in [4.78, 5) is 32.6. The fourth-order valence-electron chi connectivity index (χ4n) is 3.30. The van der Waals surface area contributed by atoms with E-state index >= 15 is 0 Å². The Morgan fingerprint density at radius 2 is 1.82 bits per heavy atom. The van der Waals surface area contributed by atoms with Crippen LogP contribution in [0, 0.1) is 0 Å². The average molecular weight is 458 g/mol. The highest BCUT2D eigenvalue weighted by Crippen LogP contribution is 2.25. The first-order valence-electron chi connectivity index (χ1n) is 9.95. The zero-order valence-electron chi connectivity index (χ0n) is 17.0. The van der Waals surface area contributed by atoms with Crippen molar-refractivity contribution in [3.05, 3.63) is 106 Å². The maximum Gasteiger partial charge on any atom is 0.256 e. The number of carbonyl (C=O) groups is 1. The Labute approximate surface area is 192 Å². The summed E-state index contributed by atoms with van der Waals surface area (Å²) in [5.41, 5.74) is 1.70. The Bertz CT molecular complexity index is 1490. The van der Waals surface area contributed by atoms with E-state index in [1.54, 1.807) is 42.5 Å². The summed E-state index contributed by atoms with van der Waals surface area (Å²) in [6.07, 6.45) is 1.52. The molecule has 0 saturated carbocycles. The van der Waals surface area contributed by atoms with E-state index in [-0.39, 0.29) is 11.5 Å². The summed E-state index contributed by atoms with van der Waals surface area (Å²) >= 11 is 6.02. The van der Waals surface area contributed by atoms with E-state index in [9.17, 15) is 9.59 Å². The van der Waals surface area contributed by atoms with Gasteiger partial charge in [0, 0.05) is 28.3 Å². The maximum atomic E-state index is 12.9. The normalized spacial score (nSPS) is 10.8. The molecule has 0 aliphatic carbocycles. The molecule has 2 N–H and O–H groups in total. The van der Waals surface area contributed by atoms with E-state index in [1.807, 2.05) is 30.3 Å². The molecule has 5 aromatic rings. The number of aromatic amines is 1. The van der Waals surface area contributed by atoms with Crippen LogP contribution in [-0.4, -0.2) is 25.7 Å². The smallest absolute Gasteiger partial charge is 0.256 e. The number of halogens is 1. The summed E-state index contributed by atoms with van der Waals surface area (Å²) in [6.45, 7) is 0. The van der Waals surface area contributed by atoms with Crippen LogP contribution in [0.3, 0.4) is 0 Å². The topological polar surface area (TPSA) is 106 Å². The van der Waals surface area contributed by atoms with Crippen LogP contribution in [0.2, 0.25) is 5.02 Å². The van der Waals surface area contributed by atoms with Gasteiger partial charge >= 0.3 is 0 Å². The third kappa shape index (κ3) is 4.32. The van der Waals surface area contributed by atoms with Crippen LogP contribution in [-0.2, 0) is 0 Å². The Morgan fingerprint density at radius 3 is 2.58 bits per heavy atom. The SMILES string of the molecule is O=C(Nc1cc(-c2ccco2)nn1-c1nc(-c2ccccc2)cc(=O)[nH]1)c1cccc(Cl)c1. The van der Waals surface area contributed by atoms with E-state index in [0.717, 1.165) is 5.56 Å². The molecule has 0 atom stereocenters. The summed E-state index contributed by atoms with van der Waals surface area (Å²) in [5.74, 6) is 0.528. The van der Waals surface area contributed by atoms with Crippen LogP contribution in [0.1, 0.15) is 10.4 Å². The van der Waals surface area contributed by atoms with E-state index < -0.39 is 5.91 Å². The second-order valence-electron chi connectivity index (χ2n) is 7.09. The molecule has 0 aliphatic rings. The van der Waals surface area contributed by atoms with Crippen molar-refractivity contribution in [2.75, 3.05) is 5.32 Å². The van der Waals surface area contributed by atoms with Gasteiger partial charge in [-0.3, -0.25) is 14.6 Å². The van der Waals surface area contributed by atoms with Crippen molar-refractivity contribution in [3.63, 3.8) is 0 Å². The van der Waals surface area contributed by atoms with Gasteiger partial charge < -0.3 is 9.73 Å². The fourth-order valence-corrected chi connectivity index (χ4v) is 3.49. The molecule has 0 spiro atoms. The minimum Gasteiger partial charge on any atom is -0.463 e. The number of H-pyrrole nitrogens is 1. The molecule has 0 saturated heterocycles. The van der Waals surface area contributed by atoms with E-state index in [1.165, 1.54) is 17.0 Å². The molecular formula is C24H16ClN5O3. The lowest BCUT2D eigenvalue weighted by Crippen LogP contribution is -2.18. The molecule has 8 nitrogen and oxygen atoms in total. The molecule has 1 amide bonds. The summed E-state index contributed by atoms with van der Waals surface area (Å²) in [7, 11) is 0. The molecule has 3 heterocycles. The van der Waals surface area contributed by atoms with E-state index in [2.05, 4.69) is 20.4 Å². The molecule has 33 heavy (non-hydrogen) atoms. The van der Waals surface area contributed by atoms with Crippen molar-refractivity contribution < 1.29 is 9.21 Å². The second-order valence-corrected chi connectivity index (χ2v) is 7.53. The first-order chi connectivity index (χ1) is 16.1. The quantitative estimate of drug-likeness (QED) is 0.394. The predicted octanol–water partition coefficient (Wildman–Crippen LogP) is 4.79. The minimum absolute atomic E-state index is 0.139. The summed E-state index contributed by atoms with van der Waals surface area (Å²) < 4.78 is 6.80. The molecule has 162 valence electrons. The van der Waals surface area contributed by atoms with Gasteiger partial charge in [0.15, 0.2) is 5.76 Å². The number of furan rings is 1. The van der Waals surface area contributed by atoms with Crippen molar-refractivity contribution in [1.82, 2.24) is 19.7 Å². The van der Waals surface area contributed by atoms with Gasteiger partial charge in [-0.2, -0.15) is 9.78 Å². The molecule has 0 fully saturated rings. The predicted molar refractivity (Wildman–Crippen MR) is 125 cm³/mol. The first-order valence-corrected chi connectivity index (χ1v) is 10.3. The number of aromatic nitrogens is 4. The van der Waals surface area contributed by atoms with Crippen LogP contribution in [0.5, 0.6) is 0 Å². The third-order valence-corrected chi connectivity index (χ3v) is 5.05. The van der Waals surface area contributed by atoms with Crippen molar-refractivity contribution in [3.8, 4) is 28.7 Å². The second kappa shape index (κ2) is 8.60. The highest BCUT2D eigenvalue weighted by Gasteiger charge is 2.18. The zero-order valence-corrected chi connectivity index (χ0v) is 17.8. The number of nitrogens with one attached hydrogen (secondary N) is 2. The molecule has 0 unspecified atom stereocenters. The third-order valence-electron chi connectivity index (χ3n) is 4.81. The number of anilines is 1. The van der Waals surface area contributed by atoms with Crippen molar-refractivity contribution in [2.24, 2.45) is 0 Å². The Kier molecular flexibility index (Phi) is 5.34. The molecule has 2 aromatic carbocycles. The molecule has 5 rings (SSSR count). The van der Waals surface area contributed by atoms with Gasteiger partial charge in [-0.05, 0) is 30.3 Å². The Hall–Kier alpha value is -4.43. The van der Waals surface area contributed by atoms with Crippen LogP contribution in [0.4, 0.5) is 5.82 Å².